The first-order valence-electron chi connectivity index (χ1n) is 5.60. The predicted octanol–water partition coefficient (Wildman–Crippen LogP) is 2.76. The first-order chi connectivity index (χ1) is 10.00. The number of primary amides is 1. The van der Waals surface area contributed by atoms with E-state index in [2.05, 4.69) is 15.0 Å². The summed E-state index contributed by atoms with van der Waals surface area (Å²) in [4.78, 5) is 10.6. The minimum Gasteiger partial charge on any atom is -0.368 e. The number of aromatic nitrogens is 1. The Balaban J connectivity index is 2.66. The van der Waals surface area contributed by atoms with Gasteiger partial charge in [0.15, 0.2) is 11.4 Å². The fourth-order valence-corrected chi connectivity index (χ4v) is 1.72. The molecule has 1 aromatic heterocycles. The Morgan fingerprint density at radius 3 is 2.32 bits per heavy atom. The molecule has 0 aliphatic carbocycles. The van der Waals surface area contributed by atoms with E-state index >= 15 is 0 Å². The van der Waals surface area contributed by atoms with E-state index in [0.717, 1.165) is 0 Å². The van der Waals surface area contributed by atoms with Crippen LogP contribution in [0.1, 0.15) is 11.1 Å². The average molecular weight is 327 g/mol. The molecule has 0 fully saturated rings. The topological polar surface area (TPSA) is 81.2 Å². The number of halogens is 6. The van der Waals surface area contributed by atoms with E-state index in [-0.39, 0.29) is 6.07 Å². The second-order valence-corrected chi connectivity index (χ2v) is 4.25. The second kappa shape index (κ2) is 5.07. The van der Waals surface area contributed by atoms with Crippen LogP contribution in [0.25, 0.3) is 11.0 Å². The molecule has 0 bridgehead atoms. The smallest absolute Gasteiger partial charge is 0.368 e. The maximum absolute atomic E-state index is 12.9. The molecule has 0 spiro atoms. The number of nitrogens with zero attached hydrogens (tertiary/aromatic N) is 1. The van der Waals surface area contributed by atoms with Crippen LogP contribution in [-0.4, -0.2) is 17.6 Å². The minimum atomic E-state index is -5.07. The number of hydrogen-bond acceptors (Lipinski definition) is 4. The van der Waals surface area contributed by atoms with Gasteiger partial charge in [0.2, 0.25) is 5.91 Å². The molecule has 120 valence electrons. The summed E-state index contributed by atoms with van der Waals surface area (Å²) in [5.41, 5.74) is 0.834. The van der Waals surface area contributed by atoms with Crippen molar-refractivity contribution in [3.63, 3.8) is 0 Å². The van der Waals surface area contributed by atoms with E-state index in [1.54, 1.807) is 0 Å². The number of rotatable bonds is 3. The molecule has 0 aliphatic rings. The lowest BCUT2D eigenvalue weighted by Gasteiger charge is -2.11. The van der Waals surface area contributed by atoms with Gasteiger partial charge in [-0.3, -0.25) is 4.79 Å². The summed E-state index contributed by atoms with van der Waals surface area (Å²) >= 11 is 0. The molecule has 0 unspecified atom stereocenters. The van der Waals surface area contributed by atoms with Gasteiger partial charge in [-0.05, 0) is 12.1 Å². The van der Waals surface area contributed by atoms with Crippen LogP contribution in [0.3, 0.4) is 0 Å². The van der Waals surface area contributed by atoms with Crippen molar-refractivity contribution in [2.24, 2.45) is 5.73 Å². The normalized spacial score (nSPS) is 12.6. The molecule has 0 saturated heterocycles. The number of fused-ring (bicyclic) bond motifs is 1. The summed E-state index contributed by atoms with van der Waals surface area (Å²) < 4.78 is 81.2. The SMILES string of the molecule is NC(=O)CNc1noc2c(C(F)(F)F)cc(C(F)(F)F)cc12. The molecule has 2 aromatic rings. The number of carbonyl (C=O) groups is 1. The summed E-state index contributed by atoms with van der Waals surface area (Å²) in [5, 5.41) is 4.86. The molecule has 22 heavy (non-hydrogen) atoms. The first-order valence-corrected chi connectivity index (χ1v) is 5.60. The van der Waals surface area contributed by atoms with Crippen molar-refractivity contribution >= 4 is 22.7 Å². The highest BCUT2D eigenvalue weighted by atomic mass is 19.4. The van der Waals surface area contributed by atoms with Crippen molar-refractivity contribution < 1.29 is 35.7 Å². The zero-order valence-electron chi connectivity index (χ0n) is 10.5. The number of alkyl halides is 6. The second-order valence-electron chi connectivity index (χ2n) is 4.25. The van der Waals surface area contributed by atoms with E-state index in [9.17, 15) is 31.1 Å². The Kier molecular flexibility index (Phi) is 3.67. The summed E-state index contributed by atoms with van der Waals surface area (Å²) in [6.07, 6.45) is -10.1. The molecule has 1 amide bonds. The van der Waals surface area contributed by atoms with Crippen LogP contribution in [0.2, 0.25) is 0 Å². The van der Waals surface area contributed by atoms with E-state index in [4.69, 9.17) is 5.73 Å². The zero-order valence-corrected chi connectivity index (χ0v) is 10.5. The van der Waals surface area contributed by atoms with Crippen LogP contribution < -0.4 is 11.1 Å². The van der Waals surface area contributed by atoms with E-state index in [1.165, 1.54) is 0 Å². The Bertz CT molecular complexity index is 719. The molecule has 11 heteroatoms. The number of nitrogens with one attached hydrogen (secondary N) is 1. The van der Waals surface area contributed by atoms with Crippen molar-refractivity contribution in [2.75, 3.05) is 11.9 Å². The third-order valence-corrected chi connectivity index (χ3v) is 2.64. The van der Waals surface area contributed by atoms with Crippen LogP contribution in [0.15, 0.2) is 16.7 Å². The fourth-order valence-electron chi connectivity index (χ4n) is 1.72. The largest absolute Gasteiger partial charge is 0.420 e. The van der Waals surface area contributed by atoms with Gasteiger partial charge in [-0.1, -0.05) is 5.16 Å². The van der Waals surface area contributed by atoms with Gasteiger partial charge in [0.1, 0.15) is 5.56 Å². The molecule has 1 heterocycles. The first kappa shape index (κ1) is 15.9. The van der Waals surface area contributed by atoms with Crippen molar-refractivity contribution in [1.29, 1.82) is 0 Å². The summed E-state index contributed by atoms with van der Waals surface area (Å²) in [5.74, 6) is -1.32. The van der Waals surface area contributed by atoms with Crippen molar-refractivity contribution in [2.45, 2.75) is 12.4 Å². The zero-order chi connectivity index (χ0) is 16.7. The highest BCUT2D eigenvalue weighted by Crippen LogP contribution is 2.41. The van der Waals surface area contributed by atoms with Crippen molar-refractivity contribution in [1.82, 2.24) is 5.16 Å². The minimum absolute atomic E-state index is 0.0641. The van der Waals surface area contributed by atoms with Crippen LogP contribution >= 0.6 is 0 Å². The number of nitrogens with two attached hydrogens (primary N) is 1. The quantitative estimate of drug-likeness (QED) is 0.850. The molecule has 0 aliphatic heterocycles. The number of hydrogen-bond donors (Lipinski definition) is 2. The molecule has 0 atom stereocenters. The van der Waals surface area contributed by atoms with Gasteiger partial charge < -0.3 is 15.6 Å². The van der Waals surface area contributed by atoms with Crippen molar-refractivity contribution in [3.8, 4) is 0 Å². The molecule has 5 nitrogen and oxygen atoms in total. The van der Waals surface area contributed by atoms with Crippen LogP contribution in [0.4, 0.5) is 32.2 Å². The lowest BCUT2D eigenvalue weighted by Crippen LogP contribution is -2.22. The molecule has 0 saturated carbocycles. The van der Waals surface area contributed by atoms with Crippen LogP contribution in [0.5, 0.6) is 0 Å². The molecule has 1 aromatic carbocycles. The number of anilines is 1. The van der Waals surface area contributed by atoms with Gasteiger partial charge in [-0.15, -0.1) is 0 Å². The van der Waals surface area contributed by atoms with Gasteiger partial charge >= 0.3 is 12.4 Å². The molecular formula is C11H7F6N3O2. The molecule has 0 radical (unpaired) electrons. The van der Waals surface area contributed by atoms with E-state index in [1.807, 2.05) is 0 Å². The number of amides is 1. The Morgan fingerprint density at radius 2 is 1.82 bits per heavy atom. The molecule has 2 rings (SSSR count). The van der Waals surface area contributed by atoms with Gasteiger partial charge in [-0.2, -0.15) is 26.3 Å². The average Bonchev–Trinajstić information content (AvgIpc) is 2.75. The predicted molar refractivity (Wildman–Crippen MR) is 61.7 cm³/mol. The monoisotopic (exact) mass is 327 g/mol. The maximum atomic E-state index is 12.9. The lowest BCUT2D eigenvalue weighted by atomic mass is 10.1. The number of benzene rings is 1. The molecule has 3 N–H and O–H groups in total. The Labute approximate surface area is 118 Å². The highest BCUT2D eigenvalue weighted by Gasteiger charge is 2.40. The van der Waals surface area contributed by atoms with Gasteiger partial charge in [0.05, 0.1) is 17.5 Å². The van der Waals surface area contributed by atoms with E-state index in [0.29, 0.717) is 6.07 Å². The Hall–Kier alpha value is -2.46. The summed E-state index contributed by atoms with van der Waals surface area (Å²) in [6, 6.07) is 0.385. The summed E-state index contributed by atoms with van der Waals surface area (Å²) in [7, 11) is 0. The van der Waals surface area contributed by atoms with Crippen LogP contribution in [-0.2, 0) is 17.1 Å². The highest BCUT2D eigenvalue weighted by molar-refractivity contribution is 5.92. The van der Waals surface area contributed by atoms with Gasteiger partial charge in [-0.25, -0.2) is 0 Å². The van der Waals surface area contributed by atoms with Gasteiger partial charge in [0, 0.05) is 0 Å². The number of carbonyl (C=O) groups excluding carboxylic acids is 1. The van der Waals surface area contributed by atoms with Crippen LogP contribution in [0, 0.1) is 0 Å². The standard InChI is InChI=1S/C11H7F6N3O2/c12-10(13,14)4-1-5-8(6(2-4)11(15,16)17)22-20-9(5)19-3-7(18)21/h1-2H,3H2,(H2,18,21)(H,19,20). The van der Waals surface area contributed by atoms with E-state index < -0.39 is 52.7 Å². The fraction of sp³-hybridized carbons (Fsp3) is 0.273. The Morgan fingerprint density at radius 1 is 1.18 bits per heavy atom. The third-order valence-electron chi connectivity index (χ3n) is 2.64. The summed E-state index contributed by atoms with van der Waals surface area (Å²) in [6.45, 7) is -0.529. The van der Waals surface area contributed by atoms with Gasteiger partial charge in [0.25, 0.3) is 0 Å². The lowest BCUT2D eigenvalue weighted by molar-refractivity contribution is -0.142. The molecular weight excluding hydrogens is 320 g/mol. The maximum Gasteiger partial charge on any atom is 0.420 e. The van der Waals surface area contributed by atoms with Crippen molar-refractivity contribution in [3.05, 3.63) is 23.3 Å². The third kappa shape index (κ3) is 3.07.